The molecule has 0 radical (unpaired) electrons. The smallest absolute Gasteiger partial charge is 0.237 e. The predicted octanol–water partition coefficient (Wildman–Crippen LogP) is 0.929. The Balaban J connectivity index is 2.65. The van der Waals surface area contributed by atoms with Gasteiger partial charge in [0.15, 0.2) is 0 Å². The van der Waals surface area contributed by atoms with Crippen LogP contribution >= 0.6 is 0 Å². The lowest BCUT2D eigenvalue weighted by molar-refractivity contribution is -0.125. The molecule has 0 saturated heterocycles. The molecular formula is C15H24N2O3. The van der Waals surface area contributed by atoms with Crippen LogP contribution in [0.4, 0.5) is 0 Å². The number of carbonyl (C=O) groups is 1. The van der Waals surface area contributed by atoms with E-state index in [1.807, 2.05) is 13.8 Å². The highest BCUT2D eigenvalue weighted by molar-refractivity contribution is 5.82. The Labute approximate surface area is 119 Å². The summed E-state index contributed by atoms with van der Waals surface area (Å²) < 4.78 is 0. The van der Waals surface area contributed by atoms with Crippen LogP contribution in [0.2, 0.25) is 0 Å². The molecule has 1 aromatic rings. The lowest BCUT2D eigenvalue weighted by atomic mass is 9.93. The summed E-state index contributed by atoms with van der Waals surface area (Å²) in [6.45, 7) is 3.74. The molecule has 1 aromatic carbocycles. The maximum atomic E-state index is 12.1. The molecule has 0 aliphatic carbocycles. The van der Waals surface area contributed by atoms with Gasteiger partial charge in [-0.1, -0.05) is 26.0 Å². The van der Waals surface area contributed by atoms with Crippen molar-refractivity contribution in [3.8, 4) is 5.75 Å². The summed E-state index contributed by atoms with van der Waals surface area (Å²) >= 11 is 0. The lowest BCUT2D eigenvalue weighted by Gasteiger charge is -2.32. The second-order valence-corrected chi connectivity index (χ2v) is 5.11. The summed E-state index contributed by atoms with van der Waals surface area (Å²) in [6.07, 6.45) is 1.69. The van der Waals surface area contributed by atoms with Gasteiger partial charge in [-0.2, -0.15) is 0 Å². The zero-order valence-corrected chi connectivity index (χ0v) is 12.1. The number of aliphatic hydroxyl groups excluding tert-OH is 1. The fraction of sp³-hybridized carbons (Fsp3) is 0.533. The number of benzene rings is 1. The van der Waals surface area contributed by atoms with Crippen LogP contribution in [-0.4, -0.2) is 34.3 Å². The number of hydrogen-bond acceptors (Lipinski definition) is 4. The van der Waals surface area contributed by atoms with E-state index in [0.717, 1.165) is 5.56 Å². The van der Waals surface area contributed by atoms with Crippen LogP contribution in [0.25, 0.3) is 0 Å². The summed E-state index contributed by atoms with van der Waals surface area (Å²) in [5.74, 6) is -0.0844. The molecule has 0 aromatic heterocycles. The molecule has 0 bridgehead atoms. The Bertz CT molecular complexity index is 419. The van der Waals surface area contributed by atoms with Crippen LogP contribution in [0.15, 0.2) is 24.3 Å². The van der Waals surface area contributed by atoms with Gasteiger partial charge in [0.25, 0.3) is 0 Å². The molecule has 112 valence electrons. The number of amides is 1. The topological polar surface area (TPSA) is 95.6 Å². The van der Waals surface area contributed by atoms with Crippen LogP contribution in [0.1, 0.15) is 32.3 Å². The summed E-state index contributed by atoms with van der Waals surface area (Å²) in [4.78, 5) is 12.1. The Morgan fingerprint density at radius 3 is 2.30 bits per heavy atom. The largest absolute Gasteiger partial charge is 0.508 e. The fourth-order valence-electron chi connectivity index (χ4n) is 2.02. The average Bonchev–Trinajstić information content (AvgIpc) is 2.47. The molecule has 1 rings (SSSR count). The number of carbonyl (C=O) groups excluding carboxylic acids is 1. The molecule has 1 unspecified atom stereocenters. The van der Waals surface area contributed by atoms with Gasteiger partial charge in [-0.15, -0.1) is 0 Å². The van der Waals surface area contributed by atoms with Gasteiger partial charge in [-0.25, -0.2) is 0 Å². The number of aliphatic hydroxyl groups is 1. The molecule has 0 aliphatic rings. The maximum Gasteiger partial charge on any atom is 0.237 e. The molecule has 0 fully saturated rings. The highest BCUT2D eigenvalue weighted by Crippen LogP contribution is 2.15. The lowest BCUT2D eigenvalue weighted by Crippen LogP contribution is -2.55. The van der Waals surface area contributed by atoms with Crippen molar-refractivity contribution >= 4 is 5.91 Å². The van der Waals surface area contributed by atoms with Crippen molar-refractivity contribution in [2.75, 3.05) is 6.61 Å². The number of hydrogen-bond donors (Lipinski definition) is 4. The van der Waals surface area contributed by atoms with Crippen LogP contribution in [-0.2, 0) is 11.2 Å². The molecule has 0 spiro atoms. The van der Waals surface area contributed by atoms with E-state index in [1.54, 1.807) is 24.3 Å². The minimum Gasteiger partial charge on any atom is -0.508 e. The number of nitrogens with one attached hydrogen (secondary N) is 1. The van der Waals surface area contributed by atoms with E-state index in [-0.39, 0.29) is 18.3 Å². The van der Waals surface area contributed by atoms with Gasteiger partial charge in [-0.05, 0) is 37.0 Å². The first-order valence-corrected chi connectivity index (χ1v) is 6.92. The summed E-state index contributed by atoms with van der Waals surface area (Å²) in [5.41, 5.74) is 6.19. The number of rotatable bonds is 7. The van der Waals surface area contributed by atoms with Crippen molar-refractivity contribution in [3.63, 3.8) is 0 Å². The predicted molar refractivity (Wildman–Crippen MR) is 78.3 cm³/mol. The second-order valence-electron chi connectivity index (χ2n) is 5.11. The molecule has 1 atom stereocenters. The van der Waals surface area contributed by atoms with Crippen LogP contribution in [0.3, 0.4) is 0 Å². The van der Waals surface area contributed by atoms with Gasteiger partial charge in [0.1, 0.15) is 5.75 Å². The first-order valence-electron chi connectivity index (χ1n) is 6.92. The summed E-state index contributed by atoms with van der Waals surface area (Å²) in [5, 5.41) is 21.5. The van der Waals surface area contributed by atoms with Crippen LogP contribution < -0.4 is 11.1 Å². The second kappa shape index (κ2) is 7.26. The normalized spacial score (nSPS) is 13.0. The van der Waals surface area contributed by atoms with Crippen LogP contribution in [0.5, 0.6) is 5.75 Å². The van der Waals surface area contributed by atoms with Crippen LogP contribution in [0, 0.1) is 0 Å². The monoisotopic (exact) mass is 280 g/mol. The zero-order chi connectivity index (χ0) is 15.2. The van der Waals surface area contributed by atoms with Gasteiger partial charge in [0.05, 0.1) is 18.2 Å². The third-order valence-electron chi connectivity index (χ3n) is 3.77. The van der Waals surface area contributed by atoms with E-state index in [9.17, 15) is 15.0 Å². The molecule has 5 nitrogen and oxygen atoms in total. The summed E-state index contributed by atoms with van der Waals surface area (Å²) in [6, 6.07) is 5.93. The average molecular weight is 280 g/mol. The van der Waals surface area contributed by atoms with E-state index < -0.39 is 11.6 Å². The van der Waals surface area contributed by atoms with Gasteiger partial charge in [0.2, 0.25) is 5.91 Å². The number of phenols is 1. The van der Waals surface area contributed by atoms with Crippen molar-refractivity contribution < 1.29 is 15.0 Å². The standard InChI is InChI=1S/C15H24N2O3/c1-3-15(4-2,10-18)17-14(20)13(16)9-11-5-7-12(19)8-6-11/h5-8,13,18-19H,3-4,9-10,16H2,1-2H3,(H,17,20). The molecule has 5 heteroatoms. The van der Waals surface area contributed by atoms with E-state index in [2.05, 4.69) is 5.32 Å². The number of aromatic hydroxyl groups is 1. The minimum absolute atomic E-state index is 0.0995. The van der Waals surface area contributed by atoms with E-state index in [1.165, 1.54) is 0 Å². The molecule has 20 heavy (non-hydrogen) atoms. The summed E-state index contributed by atoms with van der Waals surface area (Å²) in [7, 11) is 0. The van der Waals surface area contributed by atoms with Gasteiger partial charge in [-0.3, -0.25) is 4.79 Å². The van der Waals surface area contributed by atoms with Gasteiger partial charge in [0, 0.05) is 0 Å². The quantitative estimate of drug-likeness (QED) is 0.597. The number of nitrogens with two attached hydrogens (primary N) is 1. The fourth-order valence-corrected chi connectivity index (χ4v) is 2.02. The van der Waals surface area contributed by atoms with Crippen molar-refractivity contribution in [3.05, 3.63) is 29.8 Å². The Morgan fingerprint density at radius 2 is 1.85 bits per heavy atom. The first kappa shape index (κ1) is 16.5. The third kappa shape index (κ3) is 4.21. The zero-order valence-electron chi connectivity index (χ0n) is 12.1. The van der Waals surface area contributed by atoms with E-state index in [0.29, 0.717) is 19.3 Å². The van der Waals surface area contributed by atoms with Crippen molar-refractivity contribution in [1.29, 1.82) is 0 Å². The number of phenolic OH excluding ortho intramolecular Hbond substituents is 1. The molecule has 1 amide bonds. The molecule has 0 aliphatic heterocycles. The molecule has 5 N–H and O–H groups in total. The molecular weight excluding hydrogens is 256 g/mol. The third-order valence-corrected chi connectivity index (χ3v) is 3.77. The van der Waals surface area contributed by atoms with Gasteiger partial charge >= 0.3 is 0 Å². The Hall–Kier alpha value is -1.59. The highest BCUT2D eigenvalue weighted by Gasteiger charge is 2.29. The Kier molecular flexibility index (Phi) is 5.98. The Morgan fingerprint density at radius 1 is 1.30 bits per heavy atom. The van der Waals surface area contributed by atoms with Crippen molar-refractivity contribution in [2.45, 2.75) is 44.7 Å². The molecule has 0 heterocycles. The van der Waals surface area contributed by atoms with E-state index in [4.69, 9.17) is 5.73 Å². The van der Waals surface area contributed by atoms with E-state index >= 15 is 0 Å². The van der Waals surface area contributed by atoms with Gasteiger partial charge < -0.3 is 21.3 Å². The van der Waals surface area contributed by atoms with Crippen molar-refractivity contribution in [2.24, 2.45) is 5.73 Å². The highest BCUT2D eigenvalue weighted by atomic mass is 16.3. The first-order chi connectivity index (χ1) is 9.46. The minimum atomic E-state index is -0.677. The van der Waals surface area contributed by atoms with Crippen molar-refractivity contribution in [1.82, 2.24) is 5.32 Å². The molecule has 0 saturated carbocycles. The SMILES string of the molecule is CCC(CC)(CO)NC(=O)C(N)Cc1ccc(O)cc1. The maximum absolute atomic E-state index is 12.1.